The van der Waals surface area contributed by atoms with E-state index in [0.29, 0.717) is 5.85 Å². The Morgan fingerprint density at radius 3 is 1.71 bits per heavy atom. The fourth-order valence-electron chi connectivity index (χ4n) is 2.83. The van der Waals surface area contributed by atoms with Gasteiger partial charge in [0.15, 0.2) is 0 Å². The van der Waals surface area contributed by atoms with Crippen molar-refractivity contribution in [3.63, 3.8) is 0 Å². The Kier molecular flexibility index (Phi) is 2.88. The van der Waals surface area contributed by atoms with Crippen LogP contribution in [0.3, 0.4) is 0 Å². The molecule has 1 saturated heterocycles. The Balaban J connectivity index is 2.35. The third kappa shape index (κ3) is 1.74. The molecule has 0 N–H and O–H groups in total. The number of allylic oxidation sites excluding steroid dienone is 4. The predicted octanol–water partition coefficient (Wildman–Crippen LogP) is 5.23. The number of hydrogen-bond donors (Lipinski definition) is 0. The van der Waals surface area contributed by atoms with Gasteiger partial charge in [0.2, 0.25) is 0 Å². The molecule has 0 radical (unpaired) electrons. The summed E-state index contributed by atoms with van der Waals surface area (Å²) in [7, 11) is -0.333. The minimum Gasteiger partial charge on any atom is -0.345 e. The first-order valence-corrected chi connectivity index (χ1v) is 7.77. The van der Waals surface area contributed by atoms with Gasteiger partial charge in [-0.2, -0.15) is 0 Å². The van der Waals surface area contributed by atoms with E-state index < -0.39 is 0 Å². The van der Waals surface area contributed by atoms with E-state index in [9.17, 15) is 0 Å². The summed E-state index contributed by atoms with van der Waals surface area (Å²) in [6.45, 7) is 18.3. The van der Waals surface area contributed by atoms with Crippen LogP contribution in [0.5, 0.6) is 0 Å². The lowest BCUT2D eigenvalue weighted by Crippen LogP contribution is -2.23. The van der Waals surface area contributed by atoms with Crippen LogP contribution in [0.4, 0.5) is 0 Å². The first-order valence-electron chi connectivity index (χ1n) is 6.44. The van der Waals surface area contributed by atoms with Crippen molar-refractivity contribution in [2.75, 3.05) is 0 Å². The summed E-state index contributed by atoms with van der Waals surface area (Å²) in [5, 5.41) is 0.196. The van der Waals surface area contributed by atoms with Gasteiger partial charge >= 0.3 is 0 Å². The van der Waals surface area contributed by atoms with Gasteiger partial charge in [0, 0.05) is 0 Å². The van der Waals surface area contributed by atoms with Crippen molar-refractivity contribution in [2.24, 2.45) is 5.41 Å². The lowest BCUT2D eigenvalue weighted by Gasteiger charge is -2.28. The van der Waals surface area contributed by atoms with Crippen LogP contribution < -0.4 is 0 Å². The second kappa shape index (κ2) is 3.68. The molecule has 96 valence electrons. The Hall–Kier alpha value is -0.130. The van der Waals surface area contributed by atoms with Crippen molar-refractivity contribution in [1.29, 1.82) is 0 Å². The van der Waals surface area contributed by atoms with E-state index in [0.717, 1.165) is 0 Å². The monoisotopic (exact) mass is 252 g/mol. The molecule has 0 aromatic carbocycles. The number of rotatable bonds is 1. The molecule has 0 saturated carbocycles. The molecule has 0 aromatic heterocycles. The van der Waals surface area contributed by atoms with E-state index in [2.05, 4.69) is 55.4 Å². The lowest BCUT2D eigenvalue weighted by atomic mass is 9.97. The van der Waals surface area contributed by atoms with Crippen molar-refractivity contribution in [3.05, 3.63) is 22.3 Å². The normalized spacial score (nSPS) is 32.5. The van der Waals surface area contributed by atoms with E-state index in [1.54, 1.807) is 0 Å². The molecule has 0 aromatic rings. The second-order valence-corrected chi connectivity index (χ2v) is 8.95. The highest BCUT2D eigenvalue weighted by atomic mass is 31.2. The smallest absolute Gasteiger partial charge is 0.112 e. The topological polar surface area (TPSA) is 12.5 Å². The van der Waals surface area contributed by atoms with Gasteiger partial charge in [-0.25, -0.2) is 0 Å². The van der Waals surface area contributed by atoms with Gasteiger partial charge < -0.3 is 4.52 Å². The Labute approximate surface area is 107 Å². The molecule has 0 spiro atoms. The van der Waals surface area contributed by atoms with Gasteiger partial charge in [-0.15, -0.1) is 0 Å². The third-order valence-corrected chi connectivity index (χ3v) is 7.80. The van der Waals surface area contributed by atoms with Crippen molar-refractivity contribution in [3.8, 4) is 0 Å². The molecule has 2 unspecified atom stereocenters. The molecule has 1 nitrogen and oxygen atoms in total. The average Bonchev–Trinajstić information content (AvgIpc) is 3.00. The van der Waals surface area contributed by atoms with Crippen molar-refractivity contribution >= 4 is 8.15 Å². The first kappa shape index (κ1) is 13.3. The van der Waals surface area contributed by atoms with E-state index in [1.165, 1.54) is 22.3 Å². The summed E-state index contributed by atoms with van der Waals surface area (Å²) in [6, 6.07) is 0. The molecule has 1 fully saturated rings. The standard InChI is InChI=1S/C15H25OP/c1-9-10(2)12(4)15(8,11(9)3)17-13(16-17)14(5,6)7/h13H,1-8H3. The van der Waals surface area contributed by atoms with Gasteiger partial charge in [-0.1, -0.05) is 31.9 Å². The minimum absolute atomic E-state index is 0.196. The average molecular weight is 252 g/mol. The fraction of sp³-hybridized carbons (Fsp3) is 0.733. The molecule has 0 amide bonds. The van der Waals surface area contributed by atoms with Gasteiger partial charge in [0.25, 0.3) is 0 Å². The van der Waals surface area contributed by atoms with E-state index >= 15 is 0 Å². The van der Waals surface area contributed by atoms with Crippen LogP contribution in [-0.2, 0) is 4.52 Å². The van der Waals surface area contributed by atoms with Crippen LogP contribution in [-0.4, -0.2) is 11.0 Å². The maximum atomic E-state index is 6.10. The summed E-state index contributed by atoms with van der Waals surface area (Å²) in [5.74, 6) is 0.464. The zero-order valence-corrected chi connectivity index (χ0v) is 13.3. The van der Waals surface area contributed by atoms with Crippen molar-refractivity contribution < 1.29 is 4.52 Å². The van der Waals surface area contributed by atoms with Crippen molar-refractivity contribution in [1.82, 2.24) is 0 Å². The Morgan fingerprint density at radius 2 is 1.41 bits per heavy atom. The zero-order chi connectivity index (χ0) is 13.2. The number of hydrogen-bond acceptors (Lipinski definition) is 1. The van der Waals surface area contributed by atoms with E-state index in [1.807, 2.05) is 0 Å². The van der Waals surface area contributed by atoms with Crippen LogP contribution in [0.2, 0.25) is 0 Å². The maximum Gasteiger partial charge on any atom is 0.112 e. The van der Waals surface area contributed by atoms with Crippen molar-refractivity contribution in [2.45, 2.75) is 66.4 Å². The van der Waals surface area contributed by atoms with Crippen LogP contribution in [0.1, 0.15) is 55.4 Å². The lowest BCUT2D eigenvalue weighted by molar-refractivity contribution is 0.271. The highest BCUT2D eigenvalue weighted by Crippen LogP contribution is 2.78. The first-order chi connectivity index (χ1) is 7.61. The van der Waals surface area contributed by atoms with E-state index in [-0.39, 0.29) is 18.7 Å². The molecule has 2 aliphatic rings. The Morgan fingerprint density at radius 1 is 1.00 bits per heavy atom. The minimum atomic E-state index is -0.333. The third-order valence-electron chi connectivity index (χ3n) is 4.71. The molecule has 0 bridgehead atoms. The summed E-state index contributed by atoms with van der Waals surface area (Å²) < 4.78 is 6.10. The molecule has 2 heteroatoms. The largest absolute Gasteiger partial charge is 0.345 e. The predicted molar refractivity (Wildman–Crippen MR) is 76.4 cm³/mol. The van der Waals surface area contributed by atoms with Gasteiger partial charge in [0.05, 0.1) is 13.3 Å². The SMILES string of the molecule is CC1=C(C)C(C)(P2OC2C(C)(C)C)C(C)=C1C. The molecule has 1 aliphatic heterocycles. The Bertz CT molecular complexity index is 399. The molecule has 1 heterocycles. The quantitative estimate of drug-likeness (QED) is 0.460. The molecular formula is C15H25OP. The zero-order valence-electron chi connectivity index (χ0n) is 12.4. The summed E-state index contributed by atoms with van der Waals surface area (Å²) in [4.78, 5) is 0. The molecule has 1 aliphatic carbocycles. The molecule has 2 atom stereocenters. The van der Waals surface area contributed by atoms with Gasteiger partial charge in [0.1, 0.15) is 5.85 Å². The van der Waals surface area contributed by atoms with Gasteiger partial charge in [-0.3, -0.25) is 0 Å². The maximum absolute atomic E-state index is 6.10. The van der Waals surface area contributed by atoms with Crippen LogP contribution in [0.15, 0.2) is 22.3 Å². The van der Waals surface area contributed by atoms with Crippen LogP contribution in [0, 0.1) is 5.41 Å². The van der Waals surface area contributed by atoms with Crippen LogP contribution >= 0.6 is 8.15 Å². The highest BCUT2D eigenvalue weighted by Gasteiger charge is 2.60. The van der Waals surface area contributed by atoms with Gasteiger partial charge in [-0.05, 0) is 51.2 Å². The molecule has 17 heavy (non-hydrogen) atoms. The summed E-state index contributed by atoms with van der Waals surface area (Å²) in [5.41, 5.74) is 6.31. The second-order valence-electron chi connectivity index (χ2n) is 6.72. The molecular weight excluding hydrogens is 227 g/mol. The summed E-state index contributed by atoms with van der Waals surface area (Å²) in [6.07, 6.45) is 0. The fourth-order valence-corrected chi connectivity index (χ4v) is 5.83. The highest BCUT2D eigenvalue weighted by molar-refractivity contribution is 7.61. The molecule has 2 rings (SSSR count). The summed E-state index contributed by atoms with van der Waals surface area (Å²) >= 11 is 0. The van der Waals surface area contributed by atoms with Crippen LogP contribution in [0.25, 0.3) is 0 Å². The van der Waals surface area contributed by atoms with E-state index in [4.69, 9.17) is 4.52 Å².